The van der Waals surface area contributed by atoms with Crippen LogP contribution >= 0.6 is 0 Å². The standard InChI is InChI=1S/C30H55N3O8/c1-17-13-30(6,38-10)26(41-27-24(35)21(32(7)8)11-18(2)40-27)19(3)25(36)29(4,5)28(37)39-16-22(33(9)15-17)20-12-23(34)31-14-20/h17-24,26-27,31,34-35H,11-16H2,1-10H3/t17?,18-,19+,20-,21?,22-,23?,24-,26-,27?,30-/m1/s1. The molecule has 0 spiro atoms. The lowest BCUT2D eigenvalue weighted by Gasteiger charge is -2.47. The SMILES string of the molecule is CO[C@]1(C)CC(C)CN(C)[C@@H]([C@H]2CNC(O)C2)COC(=O)C(C)(C)C(=O)[C@H](C)[C@H]1OC1O[C@H](C)CC(N(C)C)[C@H]1O. The van der Waals surface area contributed by atoms with E-state index < -0.39 is 47.6 Å². The van der Waals surface area contributed by atoms with Gasteiger partial charge in [-0.25, -0.2) is 0 Å². The lowest BCUT2D eigenvalue weighted by molar-refractivity contribution is -0.295. The highest BCUT2D eigenvalue weighted by Gasteiger charge is 2.51. The number of carbonyl (C=O) groups excluding carboxylic acids is 2. The Morgan fingerprint density at radius 3 is 2.32 bits per heavy atom. The van der Waals surface area contributed by atoms with Gasteiger partial charge in [-0.2, -0.15) is 0 Å². The Morgan fingerprint density at radius 1 is 1.10 bits per heavy atom. The maximum Gasteiger partial charge on any atom is 0.319 e. The summed E-state index contributed by atoms with van der Waals surface area (Å²) in [5.41, 5.74) is -2.39. The normalized spacial score (nSPS) is 43.7. The molecule has 3 saturated heterocycles. The van der Waals surface area contributed by atoms with Crippen molar-refractivity contribution >= 4 is 11.8 Å². The minimum Gasteiger partial charge on any atom is -0.463 e. The molecule has 41 heavy (non-hydrogen) atoms. The van der Waals surface area contributed by atoms with Crippen molar-refractivity contribution in [2.24, 2.45) is 23.2 Å². The number of nitrogens with one attached hydrogen (secondary N) is 1. The Bertz CT molecular complexity index is 903. The highest BCUT2D eigenvalue weighted by molar-refractivity contribution is 6.04. The van der Waals surface area contributed by atoms with Crippen LogP contribution in [-0.2, 0) is 28.5 Å². The number of aliphatic hydroxyl groups is 2. The molecular formula is C30H55N3O8. The molecule has 0 radical (unpaired) electrons. The topological polar surface area (TPSA) is 130 Å². The third kappa shape index (κ3) is 7.67. The van der Waals surface area contributed by atoms with Gasteiger partial charge < -0.3 is 34.1 Å². The number of esters is 1. The quantitative estimate of drug-likeness (QED) is 0.318. The van der Waals surface area contributed by atoms with E-state index in [1.807, 2.05) is 39.9 Å². The van der Waals surface area contributed by atoms with E-state index in [-0.39, 0.29) is 42.4 Å². The number of nitrogens with zero attached hydrogens (tertiary/aromatic N) is 2. The molecule has 3 fully saturated rings. The van der Waals surface area contributed by atoms with Crippen molar-refractivity contribution < 1.29 is 38.7 Å². The summed E-state index contributed by atoms with van der Waals surface area (Å²) in [5.74, 6) is -1.51. The third-order valence-electron chi connectivity index (χ3n) is 9.61. The summed E-state index contributed by atoms with van der Waals surface area (Å²) in [6.45, 7) is 12.4. The predicted octanol–water partition coefficient (Wildman–Crippen LogP) is 1.25. The number of likely N-dealkylation sites (N-methyl/N-ethyl adjacent to an activating group) is 2. The monoisotopic (exact) mass is 585 g/mol. The average Bonchev–Trinajstić information content (AvgIpc) is 3.32. The second-order valence-corrected chi connectivity index (χ2v) is 13.8. The number of Topliss-reactive ketones (excluding diaryl/α,β-unsaturated/α-hetero) is 1. The van der Waals surface area contributed by atoms with Gasteiger partial charge in [-0.3, -0.25) is 19.8 Å². The molecular weight excluding hydrogens is 530 g/mol. The zero-order valence-corrected chi connectivity index (χ0v) is 26.8. The molecule has 0 aromatic carbocycles. The summed E-state index contributed by atoms with van der Waals surface area (Å²) in [5, 5.41) is 24.4. The first-order valence-corrected chi connectivity index (χ1v) is 15.1. The Labute approximate surface area is 246 Å². The molecule has 11 heteroatoms. The smallest absolute Gasteiger partial charge is 0.319 e. The molecule has 3 heterocycles. The van der Waals surface area contributed by atoms with Gasteiger partial charge in [0.15, 0.2) is 12.1 Å². The molecule has 11 atom stereocenters. The Morgan fingerprint density at radius 2 is 1.76 bits per heavy atom. The largest absolute Gasteiger partial charge is 0.463 e. The van der Waals surface area contributed by atoms with Crippen LogP contribution in [0.5, 0.6) is 0 Å². The Hall–Kier alpha value is -1.18. The summed E-state index contributed by atoms with van der Waals surface area (Å²) in [6.07, 6.45) is -1.73. The fourth-order valence-electron chi connectivity index (χ4n) is 7.09. The minimum absolute atomic E-state index is 0.0827. The summed E-state index contributed by atoms with van der Waals surface area (Å²) in [6, 6.07) is -0.316. The van der Waals surface area contributed by atoms with Gasteiger partial charge in [0.25, 0.3) is 0 Å². The molecule has 0 bridgehead atoms. The first-order valence-electron chi connectivity index (χ1n) is 15.1. The number of ether oxygens (including phenoxy) is 4. The summed E-state index contributed by atoms with van der Waals surface area (Å²) in [7, 11) is 7.44. The number of methoxy groups -OCH3 is 1. The molecule has 3 aliphatic heterocycles. The van der Waals surface area contributed by atoms with Crippen molar-refractivity contribution in [3.8, 4) is 0 Å². The summed E-state index contributed by atoms with van der Waals surface area (Å²) < 4.78 is 24.7. The van der Waals surface area contributed by atoms with Crippen LogP contribution in [0.15, 0.2) is 0 Å². The number of hydrogen-bond acceptors (Lipinski definition) is 11. The van der Waals surface area contributed by atoms with Crippen molar-refractivity contribution in [3.63, 3.8) is 0 Å². The zero-order chi connectivity index (χ0) is 30.9. The minimum atomic E-state index is -1.45. The van der Waals surface area contributed by atoms with Crippen molar-refractivity contribution in [1.82, 2.24) is 15.1 Å². The van der Waals surface area contributed by atoms with Gasteiger partial charge in [0.1, 0.15) is 24.4 Å². The number of aliphatic hydroxyl groups excluding tert-OH is 2. The maximum absolute atomic E-state index is 14.1. The van der Waals surface area contributed by atoms with Crippen LogP contribution in [0, 0.1) is 23.2 Å². The highest BCUT2D eigenvalue weighted by Crippen LogP contribution is 2.38. The number of rotatable bonds is 5. The Kier molecular flexibility index (Phi) is 11.4. The van der Waals surface area contributed by atoms with Crippen LogP contribution in [0.2, 0.25) is 0 Å². The fraction of sp³-hybridized carbons (Fsp3) is 0.933. The van der Waals surface area contributed by atoms with Crippen molar-refractivity contribution in [1.29, 1.82) is 0 Å². The number of ketones is 1. The van der Waals surface area contributed by atoms with E-state index in [9.17, 15) is 19.8 Å². The van der Waals surface area contributed by atoms with E-state index in [0.717, 1.165) is 0 Å². The lowest BCUT2D eigenvalue weighted by atomic mass is 9.74. The first kappa shape index (κ1) is 34.3. The zero-order valence-electron chi connectivity index (χ0n) is 26.8. The van der Waals surface area contributed by atoms with Crippen molar-refractivity contribution in [2.45, 2.75) is 109 Å². The van der Waals surface area contributed by atoms with Gasteiger partial charge in [-0.05, 0) is 79.9 Å². The van der Waals surface area contributed by atoms with E-state index in [1.54, 1.807) is 27.9 Å². The van der Waals surface area contributed by atoms with Crippen LogP contribution < -0.4 is 5.32 Å². The molecule has 3 N–H and O–H groups in total. The molecule has 0 aliphatic carbocycles. The van der Waals surface area contributed by atoms with E-state index in [2.05, 4.69) is 17.1 Å². The predicted molar refractivity (Wildman–Crippen MR) is 154 cm³/mol. The van der Waals surface area contributed by atoms with Gasteiger partial charge in [-0.15, -0.1) is 0 Å². The molecule has 11 nitrogen and oxygen atoms in total. The van der Waals surface area contributed by atoms with E-state index in [1.165, 1.54) is 0 Å². The van der Waals surface area contributed by atoms with Crippen LogP contribution in [0.1, 0.15) is 60.8 Å². The second kappa shape index (κ2) is 13.6. The third-order valence-corrected chi connectivity index (χ3v) is 9.61. The Balaban J connectivity index is 1.99. The second-order valence-electron chi connectivity index (χ2n) is 13.8. The van der Waals surface area contributed by atoms with Crippen LogP contribution in [0.3, 0.4) is 0 Å². The molecule has 4 unspecified atom stereocenters. The van der Waals surface area contributed by atoms with Crippen LogP contribution in [0.4, 0.5) is 0 Å². The first-order chi connectivity index (χ1) is 19.0. The number of carbonyl (C=O) groups is 2. The summed E-state index contributed by atoms with van der Waals surface area (Å²) >= 11 is 0. The van der Waals surface area contributed by atoms with Gasteiger partial charge in [0.05, 0.1) is 17.8 Å². The van der Waals surface area contributed by atoms with Gasteiger partial charge in [-0.1, -0.05) is 13.8 Å². The lowest BCUT2D eigenvalue weighted by Crippen LogP contribution is -2.59. The molecule has 0 aromatic heterocycles. The molecule has 3 aliphatic rings. The number of cyclic esters (lactones) is 1. The van der Waals surface area contributed by atoms with E-state index in [4.69, 9.17) is 18.9 Å². The maximum atomic E-state index is 14.1. The van der Waals surface area contributed by atoms with Crippen molar-refractivity contribution in [2.75, 3.05) is 47.9 Å². The van der Waals surface area contributed by atoms with E-state index in [0.29, 0.717) is 32.4 Å². The van der Waals surface area contributed by atoms with Gasteiger partial charge >= 0.3 is 5.97 Å². The van der Waals surface area contributed by atoms with E-state index >= 15 is 0 Å². The number of hydrogen-bond donors (Lipinski definition) is 3. The van der Waals surface area contributed by atoms with Crippen LogP contribution in [0.25, 0.3) is 0 Å². The molecule has 0 amide bonds. The molecule has 0 saturated carbocycles. The summed E-state index contributed by atoms with van der Waals surface area (Å²) in [4.78, 5) is 31.7. The van der Waals surface area contributed by atoms with Crippen molar-refractivity contribution in [3.05, 3.63) is 0 Å². The van der Waals surface area contributed by atoms with Gasteiger partial charge in [0.2, 0.25) is 0 Å². The molecule has 3 rings (SSSR count). The average molecular weight is 586 g/mol. The fourth-order valence-corrected chi connectivity index (χ4v) is 7.09. The highest BCUT2D eigenvalue weighted by atomic mass is 16.7. The molecule has 238 valence electrons. The molecule has 0 aromatic rings. The van der Waals surface area contributed by atoms with Gasteiger partial charge in [0, 0.05) is 38.2 Å². The van der Waals surface area contributed by atoms with Crippen LogP contribution in [-0.4, -0.2) is 128 Å².